The summed E-state index contributed by atoms with van der Waals surface area (Å²) in [6.45, 7) is 6.50. The summed E-state index contributed by atoms with van der Waals surface area (Å²) >= 11 is 0. The second-order valence-electron chi connectivity index (χ2n) is 21.3. The number of ether oxygens (including phenoxy) is 3. The minimum atomic E-state index is -0.793. The van der Waals surface area contributed by atoms with Crippen LogP contribution in [0.15, 0.2) is 97.2 Å². The number of esters is 3. The van der Waals surface area contributed by atoms with Gasteiger partial charge >= 0.3 is 17.9 Å². The number of carbonyl (C=O) groups excluding carboxylic acids is 3. The molecule has 0 saturated carbocycles. The topological polar surface area (TPSA) is 78.9 Å². The Morgan fingerprint density at radius 1 is 0.276 bits per heavy atom. The molecule has 0 heterocycles. The lowest BCUT2D eigenvalue weighted by Crippen LogP contribution is -2.30. The van der Waals surface area contributed by atoms with Gasteiger partial charge in [-0.3, -0.25) is 14.4 Å². The van der Waals surface area contributed by atoms with E-state index in [0.717, 1.165) is 109 Å². The third-order valence-electron chi connectivity index (χ3n) is 13.9. The fraction of sp³-hybridized carbons (Fsp3) is 0.729. The van der Waals surface area contributed by atoms with Gasteiger partial charge in [0.15, 0.2) is 6.10 Å². The van der Waals surface area contributed by atoms with Crippen LogP contribution in [0.25, 0.3) is 0 Å². The highest BCUT2D eigenvalue weighted by Crippen LogP contribution is 2.17. The molecule has 436 valence electrons. The second kappa shape index (κ2) is 63.9. The minimum absolute atomic E-state index is 0.0880. The van der Waals surface area contributed by atoms with Crippen LogP contribution in [-0.2, 0) is 28.6 Å². The molecular weight excluding hydrogens is 937 g/mol. The zero-order chi connectivity index (χ0) is 55.0. The third-order valence-corrected chi connectivity index (χ3v) is 13.9. The van der Waals surface area contributed by atoms with E-state index in [1.54, 1.807) is 0 Å². The molecule has 0 N–H and O–H groups in total. The molecule has 1 atom stereocenters. The van der Waals surface area contributed by atoms with Crippen LogP contribution in [0.4, 0.5) is 0 Å². The average molecular weight is 1060 g/mol. The lowest BCUT2D eigenvalue weighted by atomic mass is 10.0. The predicted molar refractivity (Wildman–Crippen MR) is 330 cm³/mol. The fourth-order valence-electron chi connectivity index (χ4n) is 9.05. The molecule has 0 bridgehead atoms. The molecule has 76 heavy (non-hydrogen) atoms. The fourth-order valence-corrected chi connectivity index (χ4v) is 9.05. The molecule has 0 aromatic heterocycles. The number of allylic oxidation sites excluding steroid dienone is 16. The van der Waals surface area contributed by atoms with Crippen LogP contribution in [0.5, 0.6) is 0 Å². The first kappa shape index (κ1) is 72.3. The van der Waals surface area contributed by atoms with Crippen LogP contribution in [0.3, 0.4) is 0 Å². The Bertz CT molecular complexity index is 1490. The molecule has 6 nitrogen and oxygen atoms in total. The van der Waals surface area contributed by atoms with E-state index in [1.165, 1.54) is 161 Å². The zero-order valence-electron chi connectivity index (χ0n) is 50.0. The Hall–Kier alpha value is -3.67. The standard InChI is InChI=1S/C70H120O6/c1-4-7-10-13-16-19-21-23-25-27-29-31-33-34-35-36-37-39-40-42-44-46-48-51-54-57-60-63-69(72)75-66-67(65-74-68(71)62-59-56-53-50-18-15-12-9-6-3)76-70(73)64-61-58-55-52-49-47-45-43-41-38-32-30-28-26-24-22-20-17-14-11-8-5-2/h7,10,16,19,23,25,29,31,34-35,37,39,42,44,48,51,67H,4-6,8-9,11-15,17-18,20-22,24,26-28,30,32-33,36,38,40-41,43,45-47,49-50,52-66H2,1-3H3/b10-7-,19-16-,25-23-,31-29-,35-34-,39-37-,44-42-,51-48-. The van der Waals surface area contributed by atoms with Gasteiger partial charge in [0.2, 0.25) is 0 Å². The smallest absolute Gasteiger partial charge is 0.306 e. The molecule has 6 heteroatoms. The van der Waals surface area contributed by atoms with Crippen LogP contribution >= 0.6 is 0 Å². The maximum Gasteiger partial charge on any atom is 0.306 e. The Labute approximate surface area is 470 Å². The van der Waals surface area contributed by atoms with Gasteiger partial charge in [0.05, 0.1) is 0 Å². The van der Waals surface area contributed by atoms with Gasteiger partial charge in [0.25, 0.3) is 0 Å². The Morgan fingerprint density at radius 3 is 0.803 bits per heavy atom. The minimum Gasteiger partial charge on any atom is -0.462 e. The van der Waals surface area contributed by atoms with Gasteiger partial charge in [-0.2, -0.15) is 0 Å². The summed E-state index contributed by atoms with van der Waals surface area (Å²) in [5, 5.41) is 0. The van der Waals surface area contributed by atoms with Crippen molar-refractivity contribution in [2.75, 3.05) is 13.2 Å². The highest BCUT2D eigenvalue weighted by atomic mass is 16.6. The maximum atomic E-state index is 12.9. The van der Waals surface area contributed by atoms with Crippen molar-refractivity contribution in [1.82, 2.24) is 0 Å². The van der Waals surface area contributed by atoms with E-state index in [1.807, 2.05) is 0 Å². The van der Waals surface area contributed by atoms with Crippen molar-refractivity contribution in [2.45, 2.75) is 316 Å². The van der Waals surface area contributed by atoms with E-state index in [4.69, 9.17) is 14.2 Å². The number of rotatable bonds is 58. The van der Waals surface area contributed by atoms with Crippen molar-refractivity contribution in [2.24, 2.45) is 0 Å². The molecule has 0 saturated heterocycles. The number of hydrogen-bond acceptors (Lipinski definition) is 6. The summed E-state index contributed by atoms with van der Waals surface area (Å²) in [5.41, 5.74) is 0. The van der Waals surface area contributed by atoms with Gasteiger partial charge in [-0.15, -0.1) is 0 Å². The summed E-state index contributed by atoms with van der Waals surface area (Å²) in [6.07, 6.45) is 85.7. The first-order chi connectivity index (χ1) is 37.5. The summed E-state index contributed by atoms with van der Waals surface area (Å²) < 4.78 is 16.8. The van der Waals surface area contributed by atoms with Crippen molar-refractivity contribution in [3.05, 3.63) is 97.2 Å². The van der Waals surface area contributed by atoms with Crippen molar-refractivity contribution in [3.8, 4) is 0 Å². The van der Waals surface area contributed by atoms with E-state index in [9.17, 15) is 14.4 Å². The van der Waals surface area contributed by atoms with E-state index >= 15 is 0 Å². The second-order valence-corrected chi connectivity index (χ2v) is 21.3. The monoisotopic (exact) mass is 1060 g/mol. The summed E-state index contributed by atoms with van der Waals surface area (Å²) in [5.74, 6) is -0.925. The molecule has 1 unspecified atom stereocenters. The van der Waals surface area contributed by atoms with Gasteiger partial charge in [0.1, 0.15) is 13.2 Å². The van der Waals surface area contributed by atoms with E-state index in [0.29, 0.717) is 19.3 Å². The molecule has 0 rings (SSSR count). The van der Waals surface area contributed by atoms with Gasteiger partial charge in [0, 0.05) is 19.3 Å². The SMILES string of the molecule is CC/C=C\C/C=C\C/C=C\C/C=C\C/C=C\C/C=C\C/C=C\C/C=C\CCCCC(=O)OCC(COC(=O)CCCCCCCCCCC)OC(=O)CCCCCCCCCCCCCCCCCCCCCCCC. The van der Waals surface area contributed by atoms with Crippen molar-refractivity contribution in [1.29, 1.82) is 0 Å². The van der Waals surface area contributed by atoms with Gasteiger partial charge in [-0.1, -0.05) is 304 Å². The highest BCUT2D eigenvalue weighted by Gasteiger charge is 2.19. The van der Waals surface area contributed by atoms with Crippen molar-refractivity contribution < 1.29 is 28.6 Å². The summed E-state index contributed by atoms with van der Waals surface area (Å²) in [6, 6.07) is 0. The van der Waals surface area contributed by atoms with Crippen LogP contribution < -0.4 is 0 Å². The van der Waals surface area contributed by atoms with Crippen LogP contribution in [-0.4, -0.2) is 37.2 Å². The molecule has 0 aliphatic carbocycles. The largest absolute Gasteiger partial charge is 0.462 e. The van der Waals surface area contributed by atoms with E-state index < -0.39 is 6.10 Å². The Kier molecular flexibility index (Phi) is 60.8. The Morgan fingerprint density at radius 2 is 0.513 bits per heavy atom. The number of carbonyl (C=O) groups is 3. The van der Waals surface area contributed by atoms with Crippen molar-refractivity contribution in [3.63, 3.8) is 0 Å². The molecule has 0 spiro atoms. The molecular formula is C70H120O6. The van der Waals surface area contributed by atoms with E-state index in [-0.39, 0.29) is 31.1 Å². The van der Waals surface area contributed by atoms with Crippen LogP contribution in [0, 0.1) is 0 Å². The number of unbranched alkanes of at least 4 members (excludes halogenated alkanes) is 31. The first-order valence-electron chi connectivity index (χ1n) is 32.2. The average Bonchev–Trinajstić information content (AvgIpc) is 3.42. The van der Waals surface area contributed by atoms with Gasteiger partial charge in [-0.25, -0.2) is 0 Å². The molecule has 0 radical (unpaired) electrons. The van der Waals surface area contributed by atoms with Crippen LogP contribution in [0.1, 0.15) is 310 Å². The molecule has 0 aliphatic rings. The summed E-state index contributed by atoms with van der Waals surface area (Å²) in [4.78, 5) is 38.2. The zero-order valence-corrected chi connectivity index (χ0v) is 50.0. The third kappa shape index (κ3) is 61.2. The first-order valence-corrected chi connectivity index (χ1v) is 32.2. The lowest BCUT2D eigenvalue weighted by molar-refractivity contribution is -0.167. The van der Waals surface area contributed by atoms with Crippen molar-refractivity contribution >= 4 is 17.9 Å². The van der Waals surface area contributed by atoms with Gasteiger partial charge in [-0.05, 0) is 83.5 Å². The van der Waals surface area contributed by atoms with E-state index in [2.05, 4.69) is 118 Å². The normalized spacial score (nSPS) is 12.7. The molecule has 0 aromatic rings. The summed E-state index contributed by atoms with van der Waals surface area (Å²) in [7, 11) is 0. The molecule has 0 aromatic carbocycles. The molecule has 0 fully saturated rings. The molecule has 0 aliphatic heterocycles. The predicted octanol–water partition coefficient (Wildman–Crippen LogP) is 22.0. The van der Waals surface area contributed by atoms with Crippen LogP contribution in [0.2, 0.25) is 0 Å². The highest BCUT2D eigenvalue weighted by molar-refractivity contribution is 5.71. The molecule has 0 amide bonds. The van der Waals surface area contributed by atoms with Gasteiger partial charge < -0.3 is 14.2 Å². The maximum absolute atomic E-state index is 12.9. The quantitative estimate of drug-likeness (QED) is 0.0261. The lowest BCUT2D eigenvalue weighted by Gasteiger charge is -2.18. The number of hydrogen-bond donors (Lipinski definition) is 0. The Balaban J connectivity index is 4.30.